The van der Waals surface area contributed by atoms with Gasteiger partial charge in [0.1, 0.15) is 23.3 Å². The molecular weight excluding hydrogens is 512 g/mol. The molecule has 0 saturated heterocycles. The summed E-state index contributed by atoms with van der Waals surface area (Å²) in [5, 5.41) is 0.638. The van der Waals surface area contributed by atoms with Crippen LogP contribution in [0, 0.1) is 0 Å². The van der Waals surface area contributed by atoms with Crippen molar-refractivity contribution in [1.82, 2.24) is 4.57 Å². The minimum Gasteiger partial charge on any atom is -0.496 e. The zero-order valence-electron chi connectivity index (χ0n) is 20.4. The number of rotatable bonds is 6. The number of thiazole rings is 1. The molecule has 37 heavy (non-hydrogen) atoms. The number of nitrogens with zero attached hydrogens (tertiary/aromatic N) is 2. The molecule has 0 unspecified atom stereocenters. The molecule has 1 aliphatic heterocycles. The Balaban J connectivity index is 1.66. The molecule has 3 heterocycles. The number of methoxy groups -OCH3 is 1. The summed E-state index contributed by atoms with van der Waals surface area (Å²) in [4.78, 5) is 31.9. The first-order chi connectivity index (χ1) is 17.9. The number of benzene rings is 2. The van der Waals surface area contributed by atoms with Crippen LogP contribution >= 0.6 is 22.9 Å². The van der Waals surface area contributed by atoms with Gasteiger partial charge >= 0.3 is 5.97 Å². The van der Waals surface area contributed by atoms with Gasteiger partial charge in [-0.3, -0.25) is 9.36 Å². The third-order valence-electron chi connectivity index (χ3n) is 5.98. The number of allylic oxidation sites excluding steroid dienone is 1. The standard InChI is InChI=1S/C28H23ClN2O5S/c1-4-35-27(33)24-16(2)30-28-31(25(24)20-7-5-6-8-22(20)34-3)26(32)23(37-28)15-19-13-14-21(36-19)17-9-11-18(29)12-10-17/h5-15,25H,4H2,1-3H3/b23-15-/t25-/m0/s1. The number of esters is 1. The van der Waals surface area contributed by atoms with Crippen LogP contribution in [-0.2, 0) is 9.53 Å². The Morgan fingerprint density at radius 3 is 2.65 bits per heavy atom. The Hall–Kier alpha value is -3.88. The van der Waals surface area contributed by atoms with Crippen molar-refractivity contribution < 1.29 is 18.7 Å². The van der Waals surface area contributed by atoms with E-state index in [2.05, 4.69) is 4.99 Å². The third kappa shape index (κ3) is 4.65. The van der Waals surface area contributed by atoms with E-state index in [4.69, 9.17) is 25.5 Å². The molecule has 0 amide bonds. The van der Waals surface area contributed by atoms with Gasteiger partial charge in [0.15, 0.2) is 4.80 Å². The molecule has 1 aliphatic rings. The summed E-state index contributed by atoms with van der Waals surface area (Å²) in [6.45, 7) is 3.69. The Labute approximate surface area is 221 Å². The molecule has 4 aromatic rings. The molecule has 0 spiro atoms. The van der Waals surface area contributed by atoms with Crippen molar-refractivity contribution in [1.29, 1.82) is 0 Å². The van der Waals surface area contributed by atoms with Crippen LogP contribution in [0.15, 0.2) is 86.1 Å². The number of hydrogen-bond donors (Lipinski definition) is 0. The van der Waals surface area contributed by atoms with Crippen molar-refractivity contribution in [3.05, 3.63) is 108 Å². The summed E-state index contributed by atoms with van der Waals surface area (Å²) in [5.41, 5.74) is 2.03. The van der Waals surface area contributed by atoms with Gasteiger partial charge in [-0.05, 0) is 56.3 Å². The number of hydrogen-bond acceptors (Lipinski definition) is 7. The van der Waals surface area contributed by atoms with E-state index in [1.54, 1.807) is 51.3 Å². The Morgan fingerprint density at radius 2 is 1.92 bits per heavy atom. The number of furan rings is 1. The number of ether oxygens (including phenoxy) is 2. The van der Waals surface area contributed by atoms with Crippen LogP contribution in [0.3, 0.4) is 0 Å². The van der Waals surface area contributed by atoms with Crippen molar-refractivity contribution >= 4 is 35.0 Å². The van der Waals surface area contributed by atoms with Crippen molar-refractivity contribution in [2.45, 2.75) is 19.9 Å². The van der Waals surface area contributed by atoms with Crippen LogP contribution in [0.1, 0.15) is 31.2 Å². The lowest BCUT2D eigenvalue weighted by Crippen LogP contribution is -2.40. The van der Waals surface area contributed by atoms with E-state index in [0.29, 0.717) is 48.5 Å². The van der Waals surface area contributed by atoms with Gasteiger partial charge in [-0.2, -0.15) is 0 Å². The molecule has 0 N–H and O–H groups in total. The van der Waals surface area contributed by atoms with Crippen molar-refractivity contribution in [2.24, 2.45) is 4.99 Å². The minimum absolute atomic E-state index is 0.202. The molecule has 2 aromatic carbocycles. The largest absolute Gasteiger partial charge is 0.496 e. The summed E-state index contributed by atoms with van der Waals surface area (Å²) >= 11 is 7.22. The lowest BCUT2D eigenvalue weighted by molar-refractivity contribution is -0.139. The van der Waals surface area contributed by atoms with Crippen LogP contribution in [0.2, 0.25) is 5.02 Å². The van der Waals surface area contributed by atoms with Crippen LogP contribution in [0.4, 0.5) is 0 Å². The summed E-state index contributed by atoms with van der Waals surface area (Å²) in [6.07, 6.45) is 1.69. The summed E-state index contributed by atoms with van der Waals surface area (Å²) in [7, 11) is 1.55. The molecule has 0 bridgehead atoms. The highest BCUT2D eigenvalue weighted by molar-refractivity contribution is 7.07. The summed E-state index contributed by atoms with van der Waals surface area (Å²) in [5.74, 6) is 1.21. The highest BCUT2D eigenvalue weighted by Gasteiger charge is 2.34. The SMILES string of the molecule is CCOC(=O)C1=C(C)N=c2s/c(=C\c3ccc(-c4ccc(Cl)cc4)o3)c(=O)n2[C@H]1c1ccccc1OC. The third-order valence-corrected chi connectivity index (χ3v) is 7.21. The first kappa shape index (κ1) is 24.8. The number of halogens is 1. The number of carbonyl (C=O) groups excluding carboxylic acids is 1. The second-order valence-corrected chi connectivity index (χ2v) is 9.70. The number of fused-ring (bicyclic) bond motifs is 1. The second kappa shape index (κ2) is 10.2. The van der Waals surface area contributed by atoms with Gasteiger partial charge in [0.05, 0.1) is 29.5 Å². The monoisotopic (exact) mass is 534 g/mol. The molecule has 0 fully saturated rings. The molecule has 0 aliphatic carbocycles. The topological polar surface area (TPSA) is 83.0 Å². The summed E-state index contributed by atoms with van der Waals surface area (Å²) in [6, 6.07) is 17.5. The maximum Gasteiger partial charge on any atom is 0.338 e. The van der Waals surface area contributed by atoms with Crippen molar-refractivity contribution in [3.63, 3.8) is 0 Å². The van der Waals surface area contributed by atoms with Crippen LogP contribution in [-0.4, -0.2) is 24.3 Å². The van der Waals surface area contributed by atoms with Gasteiger partial charge < -0.3 is 13.9 Å². The number of carbonyl (C=O) groups is 1. The predicted octanol–water partition coefficient (Wildman–Crippen LogP) is 4.72. The van der Waals surface area contributed by atoms with Gasteiger partial charge in [-0.25, -0.2) is 9.79 Å². The van der Waals surface area contributed by atoms with E-state index in [-0.39, 0.29) is 12.2 Å². The molecule has 1 atom stereocenters. The second-order valence-electron chi connectivity index (χ2n) is 8.25. The number of aromatic nitrogens is 1. The number of para-hydroxylation sites is 1. The fourth-order valence-electron chi connectivity index (χ4n) is 4.31. The van der Waals surface area contributed by atoms with Gasteiger partial charge in [0.2, 0.25) is 0 Å². The highest BCUT2D eigenvalue weighted by Crippen LogP contribution is 2.35. The maximum absolute atomic E-state index is 13.8. The zero-order chi connectivity index (χ0) is 26.1. The Kier molecular flexibility index (Phi) is 6.86. The molecular formula is C28H23ClN2O5S. The van der Waals surface area contributed by atoms with E-state index in [1.807, 2.05) is 36.4 Å². The van der Waals surface area contributed by atoms with Crippen LogP contribution < -0.4 is 19.6 Å². The lowest BCUT2D eigenvalue weighted by atomic mass is 9.95. The van der Waals surface area contributed by atoms with Gasteiger partial charge in [-0.1, -0.05) is 41.1 Å². The maximum atomic E-state index is 13.8. The molecule has 5 rings (SSSR count). The van der Waals surface area contributed by atoms with Gasteiger partial charge in [-0.15, -0.1) is 0 Å². The van der Waals surface area contributed by atoms with Crippen molar-refractivity contribution in [3.8, 4) is 17.1 Å². The van der Waals surface area contributed by atoms with Crippen molar-refractivity contribution in [2.75, 3.05) is 13.7 Å². The van der Waals surface area contributed by atoms with E-state index in [1.165, 1.54) is 15.9 Å². The normalized spacial score (nSPS) is 15.4. The van der Waals surface area contributed by atoms with E-state index in [9.17, 15) is 9.59 Å². The zero-order valence-corrected chi connectivity index (χ0v) is 21.9. The van der Waals surface area contributed by atoms with Crippen LogP contribution in [0.25, 0.3) is 17.4 Å². The van der Waals surface area contributed by atoms with E-state index in [0.717, 1.165) is 5.56 Å². The summed E-state index contributed by atoms with van der Waals surface area (Å²) < 4.78 is 18.9. The van der Waals surface area contributed by atoms with E-state index < -0.39 is 12.0 Å². The molecule has 7 nitrogen and oxygen atoms in total. The van der Waals surface area contributed by atoms with E-state index >= 15 is 0 Å². The predicted molar refractivity (Wildman–Crippen MR) is 143 cm³/mol. The first-order valence-electron chi connectivity index (χ1n) is 11.6. The Bertz CT molecular complexity index is 1700. The minimum atomic E-state index is -0.755. The molecule has 2 aromatic heterocycles. The molecule has 0 radical (unpaired) electrons. The smallest absolute Gasteiger partial charge is 0.338 e. The quantitative estimate of drug-likeness (QED) is 0.334. The highest BCUT2D eigenvalue weighted by atomic mass is 35.5. The fraction of sp³-hybridized carbons (Fsp3) is 0.179. The molecule has 9 heteroatoms. The Morgan fingerprint density at radius 1 is 1.16 bits per heavy atom. The van der Waals surface area contributed by atoms with Gasteiger partial charge in [0, 0.05) is 22.2 Å². The molecule has 0 saturated carbocycles. The fourth-order valence-corrected chi connectivity index (χ4v) is 5.46. The lowest BCUT2D eigenvalue weighted by Gasteiger charge is -2.25. The first-order valence-corrected chi connectivity index (χ1v) is 12.8. The average Bonchev–Trinajstić information content (AvgIpc) is 3.48. The molecule has 188 valence electrons. The average molecular weight is 535 g/mol. The van der Waals surface area contributed by atoms with Crippen LogP contribution in [0.5, 0.6) is 5.75 Å². The van der Waals surface area contributed by atoms with Gasteiger partial charge in [0.25, 0.3) is 5.56 Å².